The molecule has 0 aliphatic heterocycles. The number of alkyl halides is 1. The van der Waals surface area contributed by atoms with Crippen molar-refractivity contribution >= 4 is 33.8 Å². The van der Waals surface area contributed by atoms with Crippen molar-refractivity contribution in [3.8, 4) is 0 Å². The number of hydrogen-bond donors (Lipinski definition) is 1. The maximum atomic E-state index is 12.7. The number of halogens is 1. The first-order valence-corrected chi connectivity index (χ1v) is 9.79. The molecule has 1 N–H and O–H groups in total. The van der Waals surface area contributed by atoms with Gasteiger partial charge in [0, 0.05) is 18.7 Å². The molecular weight excluding hydrogens is 402 g/mol. The lowest BCUT2D eigenvalue weighted by Gasteiger charge is -2.30. The second-order valence-electron chi connectivity index (χ2n) is 5.77. The zero-order valence-corrected chi connectivity index (χ0v) is 17.1. The molecule has 1 rings (SSSR count). The van der Waals surface area contributed by atoms with Crippen molar-refractivity contribution in [3.63, 3.8) is 0 Å². The third-order valence-corrected chi connectivity index (χ3v) is 4.35. The minimum atomic E-state index is -1.90. The summed E-state index contributed by atoms with van der Waals surface area (Å²) in [6.45, 7) is 4.72. The van der Waals surface area contributed by atoms with Crippen molar-refractivity contribution in [2.24, 2.45) is 0 Å². The molecule has 26 heavy (non-hydrogen) atoms. The normalized spacial score (nSPS) is 10.9. The summed E-state index contributed by atoms with van der Waals surface area (Å²) in [6.07, 6.45) is 1.66. The minimum Gasteiger partial charge on any atom is -0.464 e. The highest BCUT2D eigenvalue weighted by molar-refractivity contribution is 9.09. The van der Waals surface area contributed by atoms with Crippen molar-refractivity contribution in [1.82, 2.24) is 5.32 Å². The largest absolute Gasteiger partial charge is 0.464 e. The van der Waals surface area contributed by atoms with Crippen LogP contribution in [-0.4, -0.2) is 41.9 Å². The van der Waals surface area contributed by atoms with Crippen molar-refractivity contribution in [3.05, 3.63) is 35.4 Å². The Bertz CT molecular complexity index is 614. The fraction of sp³-hybridized carbons (Fsp3) is 0.526. The molecule has 6 nitrogen and oxygen atoms in total. The molecule has 0 aliphatic rings. The van der Waals surface area contributed by atoms with E-state index in [4.69, 9.17) is 9.47 Å². The third-order valence-electron chi connectivity index (χ3n) is 3.79. The van der Waals surface area contributed by atoms with E-state index in [9.17, 15) is 14.4 Å². The van der Waals surface area contributed by atoms with Crippen LogP contribution in [0.25, 0.3) is 0 Å². The number of ether oxygens (including phenoxy) is 2. The number of esters is 2. The molecule has 0 spiro atoms. The highest BCUT2D eigenvalue weighted by Crippen LogP contribution is 2.22. The van der Waals surface area contributed by atoms with Crippen LogP contribution in [0.5, 0.6) is 0 Å². The average Bonchev–Trinajstić information content (AvgIpc) is 2.60. The predicted octanol–water partition coefficient (Wildman–Crippen LogP) is 2.56. The van der Waals surface area contributed by atoms with E-state index in [1.165, 1.54) is 6.92 Å². The second kappa shape index (κ2) is 11.0. The molecule has 0 heterocycles. The van der Waals surface area contributed by atoms with E-state index in [2.05, 4.69) is 21.2 Å². The smallest absolute Gasteiger partial charge is 0.344 e. The summed E-state index contributed by atoms with van der Waals surface area (Å²) >= 11 is 3.41. The highest BCUT2D eigenvalue weighted by atomic mass is 79.9. The van der Waals surface area contributed by atoms with E-state index >= 15 is 0 Å². The molecule has 0 aromatic heterocycles. The number of aryl methyl sites for hydroxylation is 1. The quantitative estimate of drug-likeness (QED) is 0.352. The van der Waals surface area contributed by atoms with Gasteiger partial charge < -0.3 is 14.8 Å². The van der Waals surface area contributed by atoms with Gasteiger partial charge in [-0.2, -0.15) is 0 Å². The number of amides is 1. The van der Waals surface area contributed by atoms with Gasteiger partial charge in [0.15, 0.2) is 0 Å². The molecular formula is C19H26BrNO5. The summed E-state index contributed by atoms with van der Waals surface area (Å²) in [4.78, 5) is 37.2. The molecule has 0 atom stereocenters. The lowest BCUT2D eigenvalue weighted by atomic mass is 9.87. The standard InChI is InChI=1S/C19H26BrNO5/c1-4-25-17(23)19(21-14(3)22,18(24)26-5-2)13-16-10-7-6-9-15(16)11-8-12-20/h6-7,9-10H,4-5,8,11-13H2,1-3H3,(H,21,22). The highest BCUT2D eigenvalue weighted by Gasteiger charge is 2.50. The first-order valence-electron chi connectivity index (χ1n) is 8.67. The summed E-state index contributed by atoms with van der Waals surface area (Å²) in [5, 5.41) is 3.34. The molecule has 144 valence electrons. The van der Waals surface area contributed by atoms with Crippen LogP contribution in [0.4, 0.5) is 0 Å². The maximum Gasteiger partial charge on any atom is 0.344 e. The Morgan fingerprint density at radius 1 is 1.04 bits per heavy atom. The van der Waals surface area contributed by atoms with E-state index in [-0.39, 0.29) is 19.6 Å². The Kier molecular flexibility index (Phi) is 9.34. The van der Waals surface area contributed by atoms with Gasteiger partial charge in [-0.05, 0) is 37.8 Å². The van der Waals surface area contributed by atoms with Crippen LogP contribution in [0.2, 0.25) is 0 Å². The van der Waals surface area contributed by atoms with Crippen LogP contribution in [0, 0.1) is 0 Å². The molecule has 1 aromatic carbocycles. The Balaban J connectivity index is 3.37. The third kappa shape index (κ3) is 5.83. The summed E-state index contributed by atoms with van der Waals surface area (Å²) in [6, 6.07) is 7.54. The fourth-order valence-electron chi connectivity index (χ4n) is 2.70. The number of benzene rings is 1. The Morgan fingerprint density at radius 3 is 2.04 bits per heavy atom. The topological polar surface area (TPSA) is 81.7 Å². The van der Waals surface area contributed by atoms with Gasteiger partial charge in [-0.3, -0.25) is 4.79 Å². The summed E-state index contributed by atoms with van der Waals surface area (Å²) in [5.74, 6) is -2.14. The summed E-state index contributed by atoms with van der Waals surface area (Å²) < 4.78 is 10.2. The second-order valence-corrected chi connectivity index (χ2v) is 6.56. The van der Waals surface area contributed by atoms with E-state index < -0.39 is 23.4 Å². The van der Waals surface area contributed by atoms with Crippen molar-refractivity contribution in [1.29, 1.82) is 0 Å². The first-order chi connectivity index (χ1) is 12.4. The Hall–Kier alpha value is -1.89. The van der Waals surface area contributed by atoms with Gasteiger partial charge in [-0.25, -0.2) is 9.59 Å². The minimum absolute atomic E-state index is 0.0251. The number of nitrogens with one attached hydrogen (secondary N) is 1. The number of carbonyl (C=O) groups is 3. The summed E-state index contributed by atoms with van der Waals surface area (Å²) in [7, 11) is 0. The molecule has 0 radical (unpaired) electrons. The molecule has 0 fully saturated rings. The van der Waals surface area contributed by atoms with Crippen LogP contribution in [0.15, 0.2) is 24.3 Å². The van der Waals surface area contributed by atoms with Crippen LogP contribution in [0.3, 0.4) is 0 Å². The molecule has 7 heteroatoms. The fourth-order valence-corrected chi connectivity index (χ4v) is 2.98. The predicted molar refractivity (Wildman–Crippen MR) is 102 cm³/mol. The van der Waals surface area contributed by atoms with Crippen molar-refractivity contribution in [2.75, 3.05) is 18.5 Å². The van der Waals surface area contributed by atoms with Crippen LogP contribution >= 0.6 is 15.9 Å². The van der Waals surface area contributed by atoms with Gasteiger partial charge in [0.1, 0.15) is 0 Å². The van der Waals surface area contributed by atoms with E-state index in [1.807, 2.05) is 24.3 Å². The van der Waals surface area contributed by atoms with Crippen molar-refractivity contribution < 1.29 is 23.9 Å². The molecule has 0 bridgehead atoms. The van der Waals surface area contributed by atoms with E-state index in [0.29, 0.717) is 0 Å². The van der Waals surface area contributed by atoms with Gasteiger partial charge >= 0.3 is 11.9 Å². The molecule has 0 saturated carbocycles. The zero-order chi connectivity index (χ0) is 19.6. The van der Waals surface area contributed by atoms with Gasteiger partial charge in [0.25, 0.3) is 0 Å². The molecule has 0 aliphatic carbocycles. The van der Waals surface area contributed by atoms with Crippen LogP contribution < -0.4 is 5.32 Å². The van der Waals surface area contributed by atoms with Crippen LogP contribution in [0.1, 0.15) is 38.3 Å². The molecule has 1 amide bonds. The molecule has 1 aromatic rings. The Labute approximate surface area is 162 Å². The van der Waals surface area contributed by atoms with Gasteiger partial charge in [0.2, 0.25) is 11.4 Å². The maximum absolute atomic E-state index is 12.7. The molecule has 0 unspecified atom stereocenters. The van der Waals surface area contributed by atoms with Crippen LogP contribution in [-0.2, 0) is 36.7 Å². The van der Waals surface area contributed by atoms with E-state index in [0.717, 1.165) is 29.3 Å². The Morgan fingerprint density at radius 2 is 1.58 bits per heavy atom. The van der Waals surface area contributed by atoms with Gasteiger partial charge in [-0.15, -0.1) is 0 Å². The first kappa shape index (κ1) is 22.2. The average molecular weight is 428 g/mol. The van der Waals surface area contributed by atoms with Gasteiger partial charge in [-0.1, -0.05) is 40.2 Å². The SMILES string of the molecule is CCOC(=O)C(Cc1ccccc1CCCBr)(NC(C)=O)C(=O)OCC. The van der Waals surface area contributed by atoms with Gasteiger partial charge in [0.05, 0.1) is 13.2 Å². The zero-order valence-electron chi connectivity index (χ0n) is 15.5. The monoisotopic (exact) mass is 427 g/mol. The number of hydrogen-bond acceptors (Lipinski definition) is 5. The summed E-state index contributed by atoms with van der Waals surface area (Å²) in [5.41, 5.74) is -0.0962. The number of carbonyl (C=O) groups excluding carboxylic acids is 3. The lowest BCUT2D eigenvalue weighted by molar-refractivity contribution is -0.168. The lowest BCUT2D eigenvalue weighted by Crippen LogP contribution is -2.62. The number of rotatable bonds is 10. The molecule has 0 saturated heterocycles. The van der Waals surface area contributed by atoms with Crippen molar-refractivity contribution in [2.45, 2.75) is 45.6 Å². The van der Waals surface area contributed by atoms with E-state index in [1.54, 1.807) is 13.8 Å².